The molecule has 0 atom stereocenters. The summed E-state index contributed by atoms with van der Waals surface area (Å²) in [5.41, 5.74) is 1.26. The number of hydrogen-bond donors (Lipinski definition) is 1. The summed E-state index contributed by atoms with van der Waals surface area (Å²) in [4.78, 5) is 25.5. The lowest BCUT2D eigenvalue weighted by atomic mass is 10.2. The van der Waals surface area contributed by atoms with E-state index in [1.165, 1.54) is 49.2 Å². The molecule has 3 aromatic rings. The van der Waals surface area contributed by atoms with Gasteiger partial charge in [-0.2, -0.15) is 0 Å². The van der Waals surface area contributed by atoms with Crippen molar-refractivity contribution < 1.29 is 18.7 Å². The van der Waals surface area contributed by atoms with E-state index in [1.807, 2.05) is 0 Å². The first-order valence-corrected chi connectivity index (χ1v) is 10.5. The van der Waals surface area contributed by atoms with Crippen molar-refractivity contribution in [2.24, 2.45) is 0 Å². The summed E-state index contributed by atoms with van der Waals surface area (Å²) in [6.07, 6.45) is 2.81. The predicted octanol–water partition coefficient (Wildman–Crippen LogP) is 6.72. The van der Waals surface area contributed by atoms with E-state index < -0.39 is 11.9 Å². The molecule has 0 aliphatic rings. The Morgan fingerprint density at radius 3 is 2.32 bits per heavy atom. The van der Waals surface area contributed by atoms with Gasteiger partial charge in [-0.25, -0.2) is 9.18 Å². The molecule has 3 rings (SSSR count). The van der Waals surface area contributed by atoms with Crippen molar-refractivity contribution in [1.82, 2.24) is 0 Å². The van der Waals surface area contributed by atoms with Crippen LogP contribution in [0.5, 0.6) is 0 Å². The fourth-order valence-electron chi connectivity index (χ4n) is 2.60. The van der Waals surface area contributed by atoms with Crippen LogP contribution < -0.4 is 5.32 Å². The molecule has 0 saturated carbocycles. The quantitative estimate of drug-likeness (QED) is 0.317. The monoisotopic (exact) mass is 475 g/mol. The van der Waals surface area contributed by atoms with Gasteiger partial charge in [0.15, 0.2) is 0 Å². The average Bonchev–Trinajstić information content (AvgIpc) is 2.74. The van der Waals surface area contributed by atoms with Crippen molar-refractivity contribution in [3.05, 3.63) is 93.7 Å². The van der Waals surface area contributed by atoms with Gasteiger partial charge in [-0.05, 0) is 60.7 Å². The summed E-state index contributed by atoms with van der Waals surface area (Å²) in [6.45, 7) is 0. The van der Waals surface area contributed by atoms with Gasteiger partial charge in [-0.15, -0.1) is 0 Å². The lowest BCUT2D eigenvalue weighted by molar-refractivity contribution is -0.111. The molecule has 0 fully saturated rings. The maximum absolute atomic E-state index is 13.1. The Morgan fingerprint density at radius 2 is 1.68 bits per heavy atom. The van der Waals surface area contributed by atoms with Gasteiger partial charge in [0.25, 0.3) is 0 Å². The van der Waals surface area contributed by atoms with E-state index in [0.29, 0.717) is 26.9 Å². The summed E-state index contributed by atoms with van der Waals surface area (Å²) in [6, 6.07) is 15.9. The summed E-state index contributed by atoms with van der Waals surface area (Å²) in [5.74, 6) is -1.22. The Hall–Kier alpha value is -2.80. The van der Waals surface area contributed by atoms with Gasteiger partial charge in [-0.3, -0.25) is 4.79 Å². The number of hydrogen-bond acceptors (Lipinski definition) is 4. The van der Waals surface area contributed by atoms with Gasteiger partial charge in [0, 0.05) is 27.1 Å². The molecular weight excluding hydrogens is 460 g/mol. The highest BCUT2D eigenvalue weighted by molar-refractivity contribution is 7.99. The Kier molecular flexibility index (Phi) is 7.74. The number of methoxy groups -OCH3 is 1. The van der Waals surface area contributed by atoms with E-state index in [1.54, 1.807) is 42.5 Å². The van der Waals surface area contributed by atoms with Crippen molar-refractivity contribution in [1.29, 1.82) is 0 Å². The smallest absolute Gasteiger partial charge is 0.337 e. The highest BCUT2D eigenvalue weighted by Crippen LogP contribution is 2.35. The van der Waals surface area contributed by atoms with Crippen LogP contribution in [0.4, 0.5) is 10.1 Å². The first-order valence-electron chi connectivity index (χ1n) is 8.95. The number of nitrogens with one attached hydrogen (secondary N) is 1. The van der Waals surface area contributed by atoms with E-state index >= 15 is 0 Å². The molecule has 158 valence electrons. The lowest BCUT2D eigenvalue weighted by Gasteiger charge is -2.08. The number of halogens is 3. The van der Waals surface area contributed by atoms with Gasteiger partial charge in [-0.1, -0.05) is 41.0 Å². The summed E-state index contributed by atoms with van der Waals surface area (Å²) in [5, 5.41) is 3.40. The first-order chi connectivity index (χ1) is 14.9. The zero-order valence-electron chi connectivity index (χ0n) is 16.2. The van der Waals surface area contributed by atoms with Crippen LogP contribution in [-0.2, 0) is 9.53 Å². The van der Waals surface area contributed by atoms with E-state index in [2.05, 4.69) is 10.1 Å². The molecule has 0 radical (unpaired) electrons. The number of rotatable bonds is 6. The third kappa shape index (κ3) is 6.34. The maximum atomic E-state index is 13.1. The predicted molar refractivity (Wildman–Crippen MR) is 122 cm³/mol. The van der Waals surface area contributed by atoms with Crippen molar-refractivity contribution in [2.45, 2.75) is 9.79 Å². The van der Waals surface area contributed by atoms with E-state index in [0.717, 1.165) is 9.79 Å². The molecule has 0 aromatic heterocycles. The van der Waals surface area contributed by atoms with Crippen LogP contribution in [0.3, 0.4) is 0 Å². The fourth-order valence-corrected chi connectivity index (χ4v) is 4.24. The SMILES string of the molecule is COC(=O)c1cccc(NC(=O)/C=C/c2c(Cl)cc(Sc3ccc(F)cc3)cc2Cl)c1. The summed E-state index contributed by atoms with van der Waals surface area (Å²) >= 11 is 14.1. The normalized spacial score (nSPS) is 10.8. The van der Waals surface area contributed by atoms with Crippen LogP contribution in [-0.4, -0.2) is 19.0 Å². The van der Waals surface area contributed by atoms with Crippen molar-refractivity contribution in [3.63, 3.8) is 0 Å². The zero-order valence-corrected chi connectivity index (χ0v) is 18.5. The van der Waals surface area contributed by atoms with Crippen LogP contribution in [0.2, 0.25) is 10.0 Å². The van der Waals surface area contributed by atoms with Crippen LogP contribution in [0.15, 0.2) is 76.5 Å². The first kappa shape index (κ1) is 22.9. The summed E-state index contributed by atoms with van der Waals surface area (Å²) in [7, 11) is 1.28. The fraction of sp³-hybridized carbons (Fsp3) is 0.0435. The van der Waals surface area contributed by atoms with E-state index in [-0.39, 0.29) is 5.82 Å². The number of amides is 1. The van der Waals surface area contributed by atoms with Crippen LogP contribution >= 0.6 is 35.0 Å². The molecule has 1 N–H and O–H groups in total. The molecule has 31 heavy (non-hydrogen) atoms. The minimum absolute atomic E-state index is 0.309. The largest absolute Gasteiger partial charge is 0.465 e. The number of anilines is 1. The average molecular weight is 476 g/mol. The second kappa shape index (κ2) is 10.5. The molecule has 0 saturated heterocycles. The van der Waals surface area contributed by atoms with Gasteiger partial charge in [0.05, 0.1) is 22.7 Å². The van der Waals surface area contributed by atoms with Crippen LogP contribution in [0.25, 0.3) is 6.08 Å². The summed E-state index contributed by atoms with van der Waals surface area (Å²) < 4.78 is 17.7. The number of carbonyl (C=O) groups is 2. The van der Waals surface area contributed by atoms with E-state index in [4.69, 9.17) is 23.2 Å². The molecule has 0 bridgehead atoms. The van der Waals surface area contributed by atoms with Gasteiger partial charge >= 0.3 is 5.97 Å². The Bertz CT molecular complexity index is 1130. The molecule has 0 spiro atoms. The molecule has 4 nitrogen and oxygen atoms in total. The van der Waals surface area contributed by atoms with Crippen molar-refractivity contribution >= 4 is 58.6 Å². The van der Waals surface area contributed by atoms with Gasteiger partial charge < -0.3 is 10.1 Å². The number of benzene rings is 3. The third-order valence-electron chi connectivity index (χ3n) is 4.05. The number of ether oxygens (including phenoxy) is 1. The maximum Gasteiger partial charge on any atom is 0.337 e. The minimum atomic E-state index is -0.496. The minimum Gasteiger partial charge on any atom is -0.465 e. The third-order valence-corrected chi connectivity index (χ3v) is 5.66. The van der Waals surface area contributed by atoms with Crippen molar-refractivity contribution in [3.8, 4) is 0 Å². The molecular formula is C23H16Cl2FNO3S. The molecule has 3 aromatic carbocycles. The topological polar surface area (TPSA) is 55.4 Å². The van der Waals surface area contributed by atoms with Crippen LogP contribution in [0, 0.1) is 5.82 Å². The molecule has 0 aliphatic heterocycles. The lowest BCUT2D eigenvalue weighted by Crippen LogP contribution is -2.09. The van der Waals surface area contributed by atoms with Gasteiger partial charge in [0.2, 0.25) is 5.91 Å². The highest BCUT2D eigenvalue weighted by Gasteiger charge is 2.09. The standard InChI is InChI=1S/C23H16Cl2FNO3S/c1-30-23(29)14-3-2-4-16(11-14)27-22(28)10-9-19-20(24)12-18(13-21(19)25)31-17-7-5-15(26)6-8-17/h2-13H,1H3,(H,27,28)/b10-9+. The molecule has 0 heterocycles. The Balaban J connectivity index is 1.71. The molecule has 8 heteroatoms. The molecule has 0 unspecified atom stereocenters. The van der Waals surface area contributed by atoms with Crippen LogP contribution in [0.1, 0.15) is 15.9 Å². The second-order valence-electron chi connectivity index (χ2n) is 6.25. The van der Waals surface area contributed by atoms with E-state index in [9.17, 15) is 14.0 Å². The number of carbonyl (C=O) groups excluding carboxylic acids is 2. The Labute approximate surface area is 193 Å². The molecule has 0 aliphatic carbocycles. The molecule has 1 amide bonds. The number of esters is 1. The zero-order chi connectivity index (χ0) is 22.4. The van der Waals surface area contributed by atoms with Gasteiger partial charge in [0.1, 0.15) is 5.82 Å². The highest BCUT2D eigenvalue weighted by atomic mass is 35.5. The van der Waals surface area contributed by atoms with Crippen molar-refractivity contribution in [2.75, 3.05) is 12.4 Å². The second-order valence-corrected chi connectivity index (χ2v) is 8.21. The Morgan fingerprint density at radius 1 is 1.00 bits per heavy atom.